The molecule has 2 aliphatic carbocycles. The molecule has 0 spiro atoms. The molecule has 0 heterocycles. The topological polar surface area (TPSA) is 0 Å². The molecule has 1 saturated carbocycles. The zero-order chi connectivity index (χ0) is 6.27. The van der Waals surface area contributed by atoms with Crippen LogP contribution in [0.3, 0.4) is 0 Å². The lowest BCUT2D eigenvalue weighted by Crippen LogP contribution is -2.17. The predicted octanol–water partition coefficient (Wildman–Crippen LogP) is 2.67. The van der Waals surface area contributed by atoms with Crippen molar-refractivity contribution < 1.29 is 0 Å². The fourth-order valence-corrected chi connectivity index (χ4v) is 1.77. The van der Waals surface area contributed by atoms with Crippen LogP contribution in [0.15, 0.2) is 23.3 Å². The van der Waals surface area contributed by atoms with Crippen LogP contribution < -0.4 is 0 Å². The third-order valence-electron chi connectivity index (χ3n) is 2.35. The lowest BCUT2D eigenvalue weighted by atomic mass is 9.73. The number of hydrogen-bond donors (Lipinski definition) is 0. The molecule has 1 fully saturated rings. The van der Waals surface area contributed by atoms with Crippen LogP contribution in [0.5, 0.6) is 0 Å². The number of rotatable bonds is 0. The Labute approximate surface area is 56.3 Å². The van der Waals surface area contributed by atoms with Crippen LogP contribution in [-0.4, -0.2) is 0 Å². The Hall–Kier alpha value is -0.520. The predicted molar refractivity (Wildman–Crippen MR) is 39.2 cm³/mol. The van der Waals surface area contributed by atoms with E-state index < -0.39 is 0 Å². The highest BCUT2D eigenvalue weighted by molar-refractivity contribution is 5.43. The maximum absolute atomic E-state index is 2.41. The molecule has 2 aliphatic rings. The fraction of sp³-hybridized carbons (Fsp3) is 0.556. The second-order valence-corrected chi connectivity index (χ2v) is 3.07. The summed E-state index contributed by atoms with van der Waals surface area (Å²) in [5.74, 6) is 0.872. The average Bonchev–Trinajstić information content (AvgIpc) is 1.86. The van der Waals surface area contributed by atoms with Gasteiger partial charge in [-0.05, 0) is 36.3 Å². The normalized spacial score (nSPS) is 31.9. The van der Waals surface area contributed by atoms with Crippen LogP contribution in [0.2, 0.25) is 0 Å². The van der Waals surface area contributed by atoms with Crippen LogP contribution in [0, 0.1) is 5.92 Å². The third kappa shape index (κ3) is 0.658. The quantitative estimate of drug-likeness (QED) is 0.461. The lowest BCUT2D eigenvalue weighted by Gasteiger charge is -2.32. The minimum absolute atomic E-state index is 0.872. The van der Waals surface area contributed by atoms with Crippen molar-refractivity contribution in [3.63, 3.8) is 0 Å². The standard InChI is InChI=1S/C9H12/c1-7-6-8-4-2-3-5-9(7)8/h4-5,7H,2-3,6H2,1H3. The molecule has 0 radical (unpaired) electrons. The molecular formula is C9H12. The van der Waals surface area contributed by atoms with Crippen LogP contribution >= 0.6 is 0 Å². The Kier molecular flexibility index (Phi) is 1.01. The van der Waals surface area contributed by atoms with Crippen molar-refractivity contribution in [2.24, 2.45) is 5.92 Å². The van der Waals surface area contributed by atoms with Crippen LogP contribution in [0.4, 0.5) is 0 Å². The van der Waals surface area contributed by atoms with Gasteiger partial charge < -0.3 is 0 Å². The summed E-state index contributed by atoms with van der Waals surface area (Å²) in [7, 11) is 0. The number of fused-ring (bicyclic) bond motifs is 1. The van der Waals surface area contributed by atoms with Crippen LogP contribution in [0.25, 0.3) is 0 Å². The molecule has 0 bridgehead atoms. The smallest absolute Gasteiger partial charge is 0.0150 e. The molecule has 9 heavy (non-hydrogen) atoms. The summed E-state index contributed by atoms with van der Waals surface area (Å²) in [6.07, 6.45) is 8.71. The Balaban J connectivity index is 2.26. The number of allylic oxidation sites excluding steroid dienone is 4. The van der Waals surface area contributed by atoms with E-state index in [1.807, 2.05) is 0 Å². The highest BCUT2D eigenvalue weighted by Gasteiger charge is 2.25. The molecule has 0 aromatic carbocycles. The summed E-state index contributed by atoms with van der Waals surface area (Å²) < 4.78 is 0. The Morgan fingerprint density at radius 1 is 1.33 bits per heavy atom. The van der Waals surface area contributed by atoms with Gasteiger partial charge >= 0.3 is 0 Å². The monoisotopic (exact) mass is 120 g/mol. The van der Waals surface area contributed by atoms with Gasteiger partial charge in [0.15, 0.2) is 0 Å². The molecule has 1 unspecified atom stereocenters. The fourth-order valence-electron chi connectivity index (χ4n) is 1.77. The molecular weight excluding hydrogens is 108 g/mol. The minimum atomic E-state index is 0.872. The summed E-state index contributed by atoms with van der Waals surface area (Å²) in [4.78, 5) is 0. The molecule has 1 atom stereocenters. The van der Waals surface area contributed by atoms with Gasteiger partial charge in [-0.3, -0.25) is 0 Å². The Morgan fingerprint density at radius 3 is 2.67 bits per heavy atom. The van der Waals surface area contributed by atoms with Gasteiger partial charge in [0.05, 0.1) is 0 Å². The molecule has 0 amide bonds. The van der Waals surface area contributed by atoms with Gasteiger partial charge in [0.1, 0.15) is 0 Å². The van der Waals surface area contributed by atoms with E-state index in [1.165, 1.54) is 19.3 Å². The van der Waals surface area contributed by atoms with Crippen molar-refractivity contribution in [1.82, 2.24) is 0 Å². The summed E-state index contributed by atoms with van der Waals surface area (Å²) >= 11 is 0. The summed E-state index contributed by atoms with van der Waals surface area (Å²) in [6, 6.07) is 0. The van der Waals surface area contributed by atoms with E-state index in [0.717, 1.165) is 5.92 Å². The van der Waals surface area contributed by atoms with Crippen molar-refractivity contribution in [2.75, 3.05) is 0 Å². The van der Waals surface area contributed by atoms with Crippen molar-refractivity contribution in [1.29, 1.82) is 0 Å². The Bertz CT molecular complexity index is 184. The highest BCUT2D eigenvalue weighted by atomic mass is 14.3. The molecule has 0 aromatic heterocycles. The van der Waals surface area contributed by atoms with Gasteiger partial charge in [0.2, 0.25) is 0 Å². The first kappa shape index (κ1) is 5.28. The van der Waals surface area contributed by atoms with E-state index in [0.29, 0.717) is 0 Å². The molecule has 0 aliphatic heterocycles. The summed E-state index contributed by atoms with van der Waals surface area (Å²) in [5, 5.41) is 0. The zero-order valence-corrected chi connectivity index (χ0v) is 5.85. The van der Waals surface area contributed by atoms with E-state index >= 15 is 0 Å². The summed E-state index contributed by atoms with van der Waals surface area (Å²) in [5.41, 5.74) is 3.27. The average molecular weight is 120 g/mol. The van der Waals surface area contributed by atoms with Crippen LogP contribution in [-0.2, 0) is 0 Å². The van der Waals surface area contributed by atoms with E-state index in [4.69, 9.17) is 0 Å². The van der Waals surface area contributed by atoms with Gasteiger partial charge in [0.25, 0.3) is 0 Å². The SMILES string of the molecule is CC1CC2=CCCC=C21. The first-order valence-electron chi connectivity index (χ1n) is 3.77. The molecule has 0 heteroatoms. The maximum atomic E-state index is 2.41. The molecule has 0 N–H and O–H groups in total. The molecule has 48 valence electrons. The molecule has 2 rings (SSSR count). The third-order valence-corrected chi connectivity index (χ3v) is 2.35. The van der Waals surface area contributed by atoms with E-state index in [9.17, 15) is 0 Å². The van der Waals surface area contributed by atoms with Gasteiger partial charge in [-0.15, -0.1) is 0 Å². The second-order valence-electron chi connectivity index (χ2n) is 3.07. The lowest BCUT2D eigenvalue weighted by molar-refractivity contribution is 0.575. The minimum Gasteiger partial charge on any atom is -0.0807 e. The zero-order valence-electron chi connectivity index (χ0n) is 5.85. The van der Waals surface area contributed by atoms with Crippen molar-refractivity contribution >= 4 is 0 Å². The highest BCUT2D eigenvalue weighted by Crippen LogP contribution is 2.41. The molecule has 0 aromatic rings. The number of hydrogen-bond acceptors (Lipinski definition) is 0. The van der Waals surface area contributed by atoms with Crippen LogP contribution in [0.1, 0.15) is 26.2 Å². The van der Waals surface area contributed by atoms with Gasteiger partial charge in [-0.25, -0.2) is 0 Å². The van der Waals surface area contributed by atoms with E-state index in [1.54, 1.807) is 11.1 Å². The van der Waals surface area contributed by atoms with Gasteiger partial charge in [-0.2, -0.15) is 0 Å². The van der Waals surface area contributed by atoms with Crippen molar-refractivity contribution in [2.45, 2.75) is 26.2 Å². The van der Waals surface area contributed by atoms with E-state index in [2.05, 4.69) is 19.1 Å². The maximum Gasteiger partial charge on any atom is -0.0150 e. The van der Waals surface area contributed by atoms with Crippen molar-refractivity contribution in [3.05, 3.63) is 23.3 Å². The Morgan fingerprint density at radius 2 is 2.11 bits per heavy atom. The first-order chi connectivity index (χ1) is 4.38. The van der Waals surface area contributed by atoms with Gasteiger partial charge in [0, 0.05) is 0 Å². The summed E-state index contributed by atoms with van der Waals surface area (Å²) in [6.45, 7) is 2.31. The first-order valence-corrected chi connectivity index (χ1v) is 3.77. The van der Waals surface area contributed by atoms with Crippen molar-refractivity contribution in [3.8, 4) is 0 Å². The largest absolute Gasteiger partial charge is 0.0807 e. The van der Waals surface area contributed by atoms with Gasteiger partial charge in [-0.1, -0.05) is 19.1 Å². The van der Waals surface area contributed by atoms with E-state index in [-0.39, 0.29) is 0 Å². The molecule has 0 nitrogen and oxygen atoms in total. The molecule has 0 saturated heterocycles. The second kappa shape index (κ2) is 1.73.